The van der Waals surface area contributed by atoms with Crippen molar-refractivity contribution in [2.75, 3.05) is 6.61 Å². The molecule has 0 N–H and O–H groups in total. The Labute approximate surface area is 280 Å². The summed E-state index contributed by atoms with van der Waals surface area (Å²) in [4.78, 5) is 83.5. The number of ether oxygens (including phenoxy) is 9. The molecule has 262 valence electrons. The Hall–Kier alpha value is -5.77. The van der Waals surface area contributed by atoms with Crippen LogP contribution in [0.25, 0.3) is 6.08 Å². The van der Waals surface area contributed by atoms with Crippen molar-refractivity contribution in [3.05, 3.63) is 54.1 Å². The maximum atomic E-state index is 13.2. The summed E-state index contributed by atoms with van der Waals surface area (Å²) in [5.74, 6) is -5.06. The summed E-state index contributed by atoms with van der Waals surface area (Å²) in [7, 11) is 0. The Morgan fingerprint density at radius 1 is 0.612 bits per heavy atom. The molecule has 2 aromatic carbocycles. The lowest BCUT2D eigenvalue weighted by Crippen LogP contribution is -2.63. The first kappa shape index (κ1) is 37.7. The molecule has 0 aliphatic carbocycles. The van der Waals surface area contributed by atoms with Gasteiger partial charge in [-0.2, -0.15) is 0 Å². The lowest BCUT2D eigenvalue weighted by Gasteiger charge is -2.43. The number of carbonyl (C=O) groups excluding carboxylic acids is 7. The van der Waals surface area contributed by atoms with Crippen LogP contribution in [0.5, 0.6) is 23.0 Å². The quantitative estimate of drug-likeness (QED) is 0.136. The number of hydrogen-bond donors (Lipinski definition) is 0. The van der Waals surface area contributed by atoms with E-state index >= 15 is 0 Å². The summed E-state index contributed by atoms with van der Waals surface area (Å²) in [6, 6.07) is 9.81. The first-order chi connectivity index (χ1) is 23.1. The van der Waals surface area contributed by atoms with Crippen molar-refractivity contribution in [1.82, 2.24) is 0 Å². The average Bonchev–Trinajstić information content (AvgIpc) is 2.99. The Bertz CT molecular complexity index is 1590. The van der Waals surface area contributed by atoms with Crippen LogP contribution in [0.4, 0.5) is 0 Å². The average molecular weight is 687 g/mol. The zero-order valence-corrected chi connectivity index (χ0v) is 27.3. The van der Waals surface area contributed by atoms with Gasteiger partial charge < -0.3 is 42.6 Å². The van der Waals surface area contributed by atoms with Crippen molar-refractivity contribution >= 4 is 47.9 Å². The Morgan fingerprint density at radius 2 is 1.18 bits per heavy atom. The van der Waals surface area contributed by atoms with Gasteiger partial charge in [0.05, 0.1) is 0 Å². The van der Waals surface area contributed by atoms with E-state index in [2.05, 4.69) is 0 Å². The fraction of sp³-hybridized carbons (Fsp3) is 0.364. The van der Waals surface area contributed by atoms with E-state index in [0.29, 0.717) is 5.56 Å². The lowest BCUT2D eigenvalue weighted by molar-refractivity contribution is -0.288. The van der Waals surface area contributed by atoms with Crippen molar-refractivity contribution in [3.63, 3.8) is 0 Å². The maximum Gasteiger partial charge on any atom is 0.331 e. The second-order valence-electron chi connectivity index (χ2n) is 10.3. The standard InChI is InChI=1S/C33H34O16/c1-17(34)41-16-28-30(45-21(5)38)31(46-22(6)39)32(33(48-28)47-25-11-9-24(10-12-25)42-18(2)35)49-29(40)14-8-23-7-13-26(43-19(3)36)27(15-23)44-20(4)37/h7-15,28,30-33H,16H2,1-6H3/b14-8+/t28-,30-,31+,32-,33-/m1/s1. The molecule has 3 rings (SSSR count). The molecule has 0 radical (unpaired) electrons. The van der Waals surface area contributed by atoms with Crippen molar-refractivity contribution in [2.24, 2.45) is 0 Å². The predicted octanol–water partition coefficient (Wildman–Crippen LogP) is 2.62. The van der Waals surface area contributed by atoms with Crippen LogP contribution < -0.4 is 18.9 Å². The molecule has 0 spiro atoms. The number of hydrogen-bond acceptors (Lipinski definition) is 16. The molecule has 0 saturated carbocycles. The van der Waals surface area contributed by atoms with Crippen molar-refractivity contribution in [2.45, 2.75) is 72.2 Å². The summed E-state index contributed by atoms with van der Waals surface area (Å²) in [5.41, 5.74) is 0.320. The molecule has 0 aromatic heterocycles. The zero-order chi connectivity index (χ0) is 36.2. The first-order valence-electron chi connectivity index (χ1n) is 14.6. The van der Waals surface area contributed by atoms with Gasteiger partial charge in [0.25, 0.3) is 0 Å². The number of rotatable bonds is 12. The first-order valence-corrected chi connectivity index (χ1v) is 14.6. The third kappa shape index (κ3) is 12.1. The maximum absolute atomic E-state index is 13.2. The van der Waals surface area contributed by atoms with Crippen LogP contribution in [0.2, 0.25) is 0 Å². The van der Waals surface area contributed by atoms with Crippen LogP contribution >= 0.6 is 0 Å². The van der Waals surface area contributed by atoms with E-state index in [1.807, 2.05) is 0 Å². The van der Waals surface area contributed by atoms with Crippen LogP contribution in [0.15, 0.2) is 48.5 Å². The zero-order valence-electron chi connectivity index (χ0n) is 27.3. The van der Waals surface area contributed by atoms with Gasteiger partial charge in [-0.15, -0.1) is 0 Å². The minimum atomic E-state index is -1.59. The van der Waals surface area contributed by atoms with Crippen LogP contribution in [-0.2, 0) is 57.2 Å². The fourth-order valence-corrected chi connectivity index (χ4v) is 4.42. The normalized spacial score (nSPS) is 19.9. The number of esters is 7. The molecule has 2 aromatic rings. The van der Waals surface area contributed by atoms with Gasteiger partial charge in [0.15, 0.2) is 23.7 Å². The highest BCUT2D eigenvalue weighted by Crippen LogP contribution is 2.32. The molecule has 0 bridgehead atoms. The van der Waals surface area contributed by atoms with E-state index in [-0.39, 0.29) is 23.0 Å². The highest BCUT2D eigenvalue weighted by molar-refractivity contribution is 5.87. The van der Waals surface area contributed by atoms with E-state index < -0.39 is 79.1 Å². The van der Waals surface area contributed by atoms with Crippen molar-refractivity contribution in [1.29, 1.82) is 0 Å². The number of benzene rings is 2. The van der Waals surface area contributed by atoms with Crippen LogP contribution in [-0.4, -0.2) is 79.1 Å². The molecule has 16 heteroatoms. The SMILES string of the molecule is CC(=O)OC[C@H]1O[C@@H](Oc2ccc(OC(C)=O)cc2)[C@H](OC(=O)/C=C/c2ccc(OC(C)=O)c(OC(C)=O)c2)[C@@H](OC(C)=O)[C@@H]1OC(C)=O. The van der Waals surface area contributed by atoms with Gasteiger partial charge in [-0.05, 0) is 48.0 Å². The highest BCUT2D eigenvalue weighted by Gasteiger charge is 2.53. The lowest BCUT2D eigenvalue weighted by atomic mass is 9.98. The third-order valence-corrected chi connectivity index (χ3v) is 6.12. The van der Waals surface area contributed by atoms with Crippen molar-refractivity contribution in [3.8, 4) is 23.0 Å². The molecule has 49 heavy (non-hydrogen) atoms. The molecule has 1 fully saturated rings. The molecule has 5 atom stereocenters. The molecule has 1 heterocycles. The van der Waals surface area contributed by atoms with E-state index in [0.717, 1.165) is 33.8 Å². The molecule has 0 amide bonds. The predicted molar refractivity (Wildman–Crippen MR) is 163 cm³/mol. The molecular weight excluding hydrogens is 652 g/mol. The van der Waals surface area contributed by atoms with Crippen molar-refractivity contribution < 1.29 is 76.2 Å². The minimum absolute atomic E-state index is 0.0355. The molecule has 16 nitrogen and oxygen atoms in total. The van der Waals surface area contributed by atoms with Gasteiger partial charge >= 0.3 is 41.8 Å². The molecular formula is C33H34O16. The third-order valence-electron chi connectivity index (χ3n) is 6.12. The summed E-state index contributed by atoms with van der Waals surface area (Å²) in [6.07, 6.45) is -5.09. The Kier molecular flexibility index (Phi) is 13.4. The second kappa shape index (κ2) is 17.4. The molecule has 1 aliphatic rings. The topological polar surface area (TPSA) is 203 Å². The summed E-state index contributed by atoms with van der Waals surface area (Å²) in [5, 5.41) is 0. The van der Waals surface area contributed by atoms with E-state index in [4.69, 9.17) is 42.6 Å². The molecule has 1 aliphatic heterocycles. The van der Waals surface area contributed by atoms with E-state index in [1.54, 1.807) is 0 Å². The summed E-state index contributed by atoms with van der Waals surface area (Å²) in [6.45, 7) is 6.37. The van der Waals surface area contributed by atoms with Gasteiger partial charge in [0.2, 0.25) is 12.4 Å². The Morgan fingerprint density at radius 3 is 1.76 bits per heavy atom. The Balaban J connectivity index is 1.98. The van der Waals surface area contributed by atoms with Gasteiger partial charge in [0.1, 0.15) is 24.2 Å². The number of carbonyl (C=O) groups is 7. The van der Waals surface area contributed by atoms with Crippen LogP contribution in [0.1, 0.15) is 47.1 Å². The highest BCUT2D eigenvalue weighted by atomic mass is 16.7. The van der Waals surface area contributed by atoms with E-state index in [1.165, 1.54) is 62.4 Å². The van der Waals surface area contributed by atoms with Crippen LogP contribution in [0, 0.1) is 0 Å². The molecule has 1 saturated heterocycles. The van der Waals surface area contributed by atoms with Gasteiger partial charge in [-0.3, -0.25) is 28.8 Å². The minimum Gasteiger partial charge on any atom is -0.463 e. The van der Waals surface area contributed by atoms with Gasteiger partial charge in [-0.1, -0.05) is 6.07 Å². The summed E-state index contributed by atoms with van der Waals surface area (Å²) < 4.78 is 48.8. The smallest absolute Gasteiger partial charge is 0.331 e. The van der Waals surface area contributed by atoms with Crippen LogP contribution in [0.3, 0.4) is 0 Å². The summed E-state index contributed by atoms with van der Waals surface area (Å²) >= 11 is 0. The second-order valence-corrected chi connectivity index (χ2v) is 10.3. The monoisotopic (exact) mass is 686 g/mol. The molecule has 0 unspecified atom stereocenters. The largest absolute Gasteiger partial charge is 0.463 e. The van der Waals surface area contributed by atoms with E-state index in [9.17, 15) is 33.6 Å². The fourth-order valence-electron chi connectivity index (χ4n) is 4.42. The van der Waals surface area contributed by atoms with Gasteiger partial charge in [-0.25, -0.2) is 4.79 Å². The van der Waals surface area contributed by atoms with Gasteiger partial charge in [0, 0.05) is 47.6 Å².